The third-order valence-corrected chi connectivity index (χ3v) is 5.61. The van der Waals surface area contributed by atoms with Gasteiger partial charge in [0.25, 0.3) is 5.82 Å². The molecule has 0 radical (unpaired) electrons. The Bertz CT molecular complexity index is 862. The average Bonchev–Trinajstić information content (AvgIpc) is 2.73. The number of hydrogen-bond donors (Lipinski definition) is 1. The molecule has 2 aliphatic heterocycles. The Balaban J connectivity index is 1.33. The van der Waals surface area contributed by atoms with E-state index in [0.29, 0.717) is 38.4 Å². The second kappa shape index (κ2) is 7.93. The van der Waals surface area contributed by atoms with Gasteiger partial charge in [-0.3, -0.25) is 9.69 Å². The molecule has 5 nitrogen and oxygen atoms in total. The smallest absolute Gasteiger partial charge is 0.419 e. The van der Waals surface area contributed by atoms with Gasteiger partial charge in [-0.1, -0.05) is 18.2 Å². The summed E-state index contributed by atoms with van der Waals surface area (Å²) in [5.74, 6) is 1.38. The van der Waals surface area contributed by atoms with E-state index in [1.54, 1.807) is 0 Å². The minimum Gasteiger partial charge on any atom is -0.493 e. The number of aromatic amines is 1. The van der Waals surface area contributed by atoms with E-state index in [0.717, 1.165) is 30.0 Å². The summed E-state index contributed by atoms with van der Waals surface area (Å²) in [5.41, 5.74) is 0.302. The summed E-state index contributed by atoms with van der Waals surface area (Å²) in [7, 11) is 0. The lowest BCUT2D eigenvalue weighted by atomic mass is 9.94. The number of aromatic nitrogens is 1. The molecule has 0 spiro atoms. The normalized spacial score (nSPS) is 20.0. The quantitative estimate of drug-likeness (QED) is 0.850. The summed E-state index contributed by atoms with van der Waals surface area (Å²) in [6.45, 7) is 1.80. The monoisotopic (exact) mass is 406 g/mol. The SMILES string of the molecule is O=C(N[C@@H]1CCOc2ccccc21)C1CCN(c2ccc(C(F)(F)F)c[nH+]2)CC1. The number of pyridine rings is 1. The average molecular weight is 406 g/mol. The van der Waals surface area contributed by atoms with Gasteiger partial charge in [-0.15, -0.1) is 0 Å². The molecule has 1 saturated heterocycles. The lowest BCUT2D eigenvalue weighted by Crippen LogP contribution is -2.43. The molecule has 29 heavy (non-hydrogen) atoms. The second-order valence-electron chi connectivity index (χ2n) is 7.46. The van der Waals surface area contributed by atoms with Gasteiger partial charge in [0, 0.05) is 24.0 Å². The number of halogens is 3. The summed E-state index contributed by atoms with van der Waals surface area (Å²) >= 11 is 0. The van der Waals surface area contributed by atoms with Crippen molar-refractivity contribution in [1.29, 1.82) is 0 Å². The molecule has 154 valence electrons. The van der Waals surface area contributed by atoms with Crippen LogP contribution in [-0.2, 0) is 11.0 Å². The number of nitrogens with one attached hydrogen (secondary N) is 2. The Morgan fingerprint density at radius 2 is 1.86 bits per heavy atom. The molecule has 1 atom stereocenters. The first-order valence-corrected chi connectivity index (χ1v) is 9.78. The van der Waals surface area contributed by atoms with E-state index in [1.807, 2.05) is 29.2 Å². The van der Waals surface area contributed by atoms with Crippen LogP contribution in [-0.4, -0.2) is 25.6 Å². The van der Waals surface area contributed by atoms with E-state index in [1.165, 1.54) is 6.07 Å². The maximum Gasteiger partial charge on any atom is 0.419 e. The van der Waals surface area contributed by atoms with Crippen LogP contribution < -0.4 is 19.9 Å². The van der Waals surface area contributed by atoms with Gasteiger partial charge >= 0.3 is 6.18 Å². The molecule has 0 aliphatic carbocycles. The predicted octanol–water partition coefficient (Wildman–Crippen LogP) is 3.38. The molecule has 0 bridgehead atoms. The molecule has 8 heteroatoms. The Labute approximate surface area is 166 Å². The fourth-order valence-corrected chi connectivity index (χ4v) is 3.95. The molecular weight excluding hydrogens is 383 g/mol. The maximum atomic E-state index is 12.8. The molecule has 2 N–H and O–H groups in total. The zero-order chi connectivity index (χ0) is 20.4. The molecule has 1 amide bonds. The first kappa shape index (κ1) is 19.5. The van der Waals surface area contributed by atoms with Crippen LogP contribution in [0.2, 0.25) is 0 Å². The number of para-hydroxylation sites is 1. The van der Waals surface area contributed by atoms with E-state index >= 15 is 0 Å². The van der Waals surface area contributed by atoms with Crippen LogP contribution in [0.4, 0.5) is 19.0 Å². The van der Waals surface area contributed by atoms with Gasteiger partial charge in [0.2, 0.25) is 5.91 Å². The zero-order valence-corrected chi connectivity index (χ0v) is 15.8. The summed E-state index contributed by atoms with van der Waals surface area (Å²) in [6.07, 6.45) is -1.32. The van der Waals surface area contributed by atoms with Crippen LogP contribution in [0, 0.1) is 5.92 Å². The minimum absolute atomic E-state index is 0.0303. The zero-order valence-electron chi connectivity index (χ0n) is 15.8. The van der Waals surface area contributed by atoms with Gasteiger partial charge < -0.3 is 10.1 Å². The number of alkyl halides is 3. The Kier molecular flexibility index (Phi) is 5.34. The maximum absolute atomic E-state index is 12.8. The number of carbonyl (C=O) groups is 1. The van der Waals surface area contributed by atoms with Crippen molar-refractivity contribution in [1.82, 2.24) is 5.32 Å². The van der Waals surface area contributed by atoms with Gasteiger partial charge in [-0.25, -0.2) is 4.98 Å². The van der Waals surface area contributed by atoms with Crippen molar-refractivity contribution in [3.63, 3.8) is 0 Å². The summed E-state index contributed by atoms with van der Waals surface area (Å²) < 4.78 is 43.7. The summed E-state index contributed by atoms with van der Waals surface area (Å²) in [6, 6.07) is 10.2. The highest BCUT2D eigenvalue weighted by atomic mass is 19.4. The molecule has 0 saturated carbocycles. The highest BCUT2D eigenvalue weighted by molar-refractivity contribution is 5.79. The summed E-state index contributed by atoms with van der Waals surface area (Å²) in [5, 5.41) is 3.15. The van der Waals surface area contributed by atoms with Crippen LogP contribution in [0.5, 0.6) is 5.75 Å². The molecule has 4 rings (SSSR count). The lowest BCUT2D eigenvalue weighted by molar-refractivity contribution is -0.367. The molecule has 0 unspecified atom stereocenters. The standard InChI is InChI=1S/C21H22F3N3O2/c22-21(23,24)15-5-6-19(25-13-15)27-10-7-14(8-11-27)20(28)26-17-9-12-29-18-4-2-1-3-16(17)18/h1-6,13-14,17H,7-12H2,(H,26,28)/p+1/t17-/m1/s1. The number of nitrogens with zero attached hydrogens (tertiary/aromatic N) is 1. The van der Waals surface area contributed by atoms with E-state index in [2.05, 4.69) is 10.3 Å². The number of fused-ring (bicyclic) bond motifs is 1. The highest BCUT2D eigenvalue weighted by Gasteiger charge is 2.34. The third kappa shape index (κ3) is 4.31. The van der Waals surface area contributed by atoms with Crippen molar-refractivity contribution >= 4 is 11.7 Å². The predicted molar refractivity (Wildman–Crippen MR) is 100 cm³/mol. The minimum atomic E-state index is -4.36. The number of ether oxygens (including phenoxy) is 1. The van der Waals surface area contributed by atoms with Crippen molar-refractivity contribution in [3.8, 4) is 5.75 Å². The van der Waals surface area contributed by atoms with Crippen LogP contribution in [0.25, 0.3) is 0 Å². The van der Waals surface area contributed by atoms with E-state index < -0.39 is 11.7 Å². The van der Waals surface area contributed by atoms with E-state index in [-0.39, 0.29) is 17.9 Å². The Morgan fingerprint density at radius 1 is 1.10 bits per heavy atom. The van der Waals surface area contributed by atoms with Crippen molar-refractivity contribution in [2.24, 2.45) is 5.92 Å². The molecule has 2 aromatic rings. The number of benzene rings is 1. The van der Waals surface area contributed by atoms with Crippen molar-refractivity contribution in [3.05, 3.63) is 53.7 Å². The lowest BCUT2D eigenvalue weighted by Gasteiger charge is -2.30. The van der Waals surface area contributed by atoms with Gasteiger partial charge in [-0.2, -0.15) is 13.2 Å². The number of amides is 1. The van der Waals surface area contributed by atoms with E-state index in [4.69, 9.17) is 4.74 Å². The first-order valence-electron chi connectivity index (χ1n) is 9.78. The molecule has 3 heterocycles. The first-order chi connectivity index (χ1) is 13.9. The third-order valence-electron chi connectivity index (χ3n) is 5.61. The van der Waals surface area contributed by atoms with Gasteiger partial charge in [-0.05, 0) is 25.0 Å². The van der Waals surface area contributed by atoms with Gasteiger partial charge in [0.15, 0.2) is 0 Å². The van der Waals surface area contributed by atoms with Crippen molar-refractivity contribution in [2.45, 2.75) is 31.5 Å². The molecule has 1 aromatic carbocycles. The fraction of sp³-hybridized carbons (Fsp3) is 0.429. The van der Waals surface area contributed by atoms with Gasteiger partial charge in [0.05, 0.1) is 31.3 Å². The van der Waals surface area contributed by atoms with E-state index in [9.17, 15) is 18.0 Å². The number of rotatable bonds is 3. The second-order valence-corrected chi connectivity index (χ2v) is 7.46. The van der Waals surface area contributed by atoms with Gasteiger partial charge in [0.1, 0.15) is 11.9 Å². The van der Waals surface area contributed by atoms with Crippen LogP contribution >= 0.6 is 0 Å². The van der Waals surface area contributed by atoms with Crippen LogP contribution in [0.3, 0.4) is 0 Å². The molecular formula is C21H23F3N3O2+. The van der Waals surface area contributed by atoms with Crippen LogP contribution in [0.1, 0.15) is 36.4 Å². The molecule has 1 aromatic heterocycles. The van der Waals surface area contributed by atoms with Crippen LogP contribution in [0.15, 0.2) is 42.6 Å². The number of anilines is 1. The fourth-order valence-electron chi connectivity index (χ4n) is 3.95. The number of carbonyl (C=O) groups excluding carboxylic acids is 1. The number of hydrogen-bond acceptors (Lipinski definition) is 3. The number of piperidine rings is 1. The summed E-state index contributed by atoms with van der Waals surface area (Å²) in [4.78, 5) is 17.5. The highest BCUT2D eigenvalue weighted by Crippen LogP contribution is 2.32. The Morgan fingerprint density at radius 3 is 2.55 bits per heavy atom. The van der Waals surface area contributed by atoms with Crippen molar-refractivity contribution < 1.29 is 27.7 Å². The number of H-pyrrole nitrogens is 1. The molecule has 2 aliphatic rings. The van der Waals surface area contributed by atoms with Crippen molar-refractivity contribution in [2.75, 3.05) is 24.6 Å². The largest absolute Gasteiger partial charge is 0.493 e. The Hall–Kier alpha value is -2.77. The topological polar surface area (TPSA) is 55.7 Å². The molecule has 1 fully saturated rings.